The van der Waals surface area contributed by atoms with Crippen molar-refractivity contribution in [2.75, 3.05) is 11.9 Å². The van der Waals surface area contributed by atoms with Crippen molar-refractivity contribution < 1.29 is 18.0 Å². The lowest BCUT2D eigenvalue weighted by Gasteiger charge is -2.21. The predicted molar refractivity (Wildman–Crippen MR) is 77.4 cm³/mol. The molecule has 2 aliphatic rings. The molecule has 2 bridgehead atoms. The number of benzene rings is 1. The minimum absolute atomic E-state index is 0.153. The molecule has 3 rings (SSSR count). The van der Waals surface area contributed by atoms with E-state index >= 15 is 0 Å². The van der Waals surface area contributed by atoms with Crippen molar-refractivity contribution in [1.29, 1.82) is 0 Å². The third-order valence-corrected chi connectivity index (χ3v) is 4.86. The van der Waals surface area contributed by atoms with Crippen LogP contribution in [-0.2, 0) is 6.18 Å². The van der Waals surface area contributed by atoms with Crippen LogP contribution in [0, 0.1) is 17.8 Å². The summed E-state index contributed by atoms with van der Waals surface area (Å²) in [5.41, 5.74) is -0.612. The summed E-state index contributed by atoms with van der Waals surface area (Å²) in [7, 11) is 0. The number of fused-ring (bicyclic) bond motifs is 2. The van der Waals surface area contributed by atoms with Gasteiger partial charge in [-0.3, -0.25) is 0 Å². The zero-order valence-corrected chi connectivity index (χ0v) is 12.1. The van der Waals surface area contributed by atoms with Crippen LogP contribution in [0.25, 0.3) is 0 Å². The first-order chi connectivity index (χ1) is 10.4. The summed E-state index contributed by atoms with van der Waals surface area (Å²) in [5, 5.41) is 5.26. The van der Waals surface area contributed by atoms with E-state index in [0.29, 0.717) is 18.4 Å². The molecule has 0 spiro atoms. The molecular formula is C16H19F3N2O. The number of carbonyl (C=O) groups is 1. The van der Waals surface area contributed by atoms with Crippen LogP contribution in [0.2, 0.25) is 0 Å². The van der Waals surface area contributed by atoms with Crippen LogP contribution in [0.3, 0.4) is 0 Å². The molecule has 120 valence electrons. The fourth-order valence-corrected chi connectivity index (χ4v) is 3.80. The molecule has 2 saturated carbocycles. The molecule has 2 aliphatic carbocycles. The van der Waals surface area contributed by atoms with E-state index in [0.717, 1.165) is 24.5 Å². The number of nitrogens with one attached hydrogen (secondary N) is 2. The Hall–Kier alpha value is -1.72. The van der Waals surface area contributed by atoms with Gasteiger partial charge in [-0.1, -0.05) is 12.5 Å². The average molecular weight is 312 g/mol. The topological polar surface area (TPSA) is 41.1 Å². The van der Waals surface area contributed by atoms with Crippen LogP contribution >= 0.6 is 0 Å². The van der Waals surface area contributed by atoms with Crippen molar-refractivity contribution in [3.05, 3.63) is 29.8 Å². The average Bonchev–Trinajstić information content (AvgIpc) is 3.07. The van der Waals surface area contributed by atoms with Gasteiger partial charge in [-0.15, -0.1) is 0 Å². The molecule has 22 heavy (non-hydrogen) atoms. The van der Waals surface area contributed by atoms with Gasteiger partial charge < -0.3 is 10.6 Å². The zero-order valence-electron chi connectivity index (χ0n) is 12.1. The standard InChI is InChI=1S/C16H19F3N2O/c17-16(18,19)13-2-1-3-14(8-13)21-15(22)20-9-12-7-10-4-5-11(12)6-10/h1-3,8,10-12H,4-7,9H2,(H2,20,21,22)/t10-,11-,12-/m0/s1. The summed E-state index contributed by atoms with van der Waals surface area (Å²) in [5.74, 6) is 2.04. The third-order valence-electron chi connectivity index (χ3n) is 4.86. The minimum Gasteiger partial charge on any atom is -0.338 e. The lowest BCUT2D eigenvalue weighted by molar-refractivity contribution is -0.137. The number of urea groups is 1. The number of hydrogen-bond acceptors (Lipinski definition) is 1. The molecule has 0 aromatic heterocycles. The highest BCUT2D eigenvalue weighted by Crippen LogP contribution is 2.47. The van der Waals surface area contributed by atoms with Crippen LogP contribution in [0.1, 0.15) is 31.2 Å². The predicted octanol–water partition coefficient (Wildman–Crippen LogP) is 4.26. The van der Waals surface area contributed by atoms with Crippen LogP contribution in [0.5, 0.6) is 0 Å². The SMILES string of the molecule is O=C(NC[C@@H]1C[C@H]2CC[C@H]1C2)Nc1cccc(C(F)(F)F)c1. The van der Waals surface area contributed by atoms with E-state index in [9.17, 15) is 18.0 Å². The minimum atomic E-state index is -4.41. The fourth-order valence-electron chi connectivity index (χ4n) is 3.80. The van der Waals surface area contributed by atoms with Crippen molar-refractivity contribution in [3.63, 3.8) is 0 Å². The van der Waals surface area contributed by atoms with Gasteiger partial charge in [0.1, 0.15) is 0 Å². The molecule has 0 radical (unpaired) electrons. The first-order valence-corrected chi connectivity index (χ1v) is 7.64. The molecule has 1 aromatic rings. The van der Waals surface area contributed by atoms with Crippen molar-refractivity contribution in [3.8, 4) is 0 Å². The lowest BCUT2D eigenvalue weighted by atomic mass is 9.89. The Morgan fingerprint density at radius 2 is 2.05 bits per heavy atom. The number of carbonyl (C=O) groups excluding carboxylic acids is 1. The van der Waals surface area contributed by atoms with Gasteiger partial charge >= 0.3 is 12.2 Å². The first kappa shape index (κ1) is 15.2. The summed E-state index contributed by atoms with van der Waals surface area (Å²) < 4.78 is 37.8. The second-order valence-electron chi connectivity index (χ2n) is 6.35. The van der Waals surface area contributed by atoms with Gasteiger partial charge in [0, 0.05) is 12.2 Å². The molecule has 0 saturated heterocycles. The van der Waals surface area contributed by atoms with E-state index in [1.165, 1.54) is 31.4 Å². The number of amides is 2. The van der Waals surface area contributed by atoms with Crippen molar-refractivity contribution in [2.45, 2.75) is 31.9 Å². The van der Waals surface area contributed by atoms with Crippen LogP contribution in [0.15, 0.2) is 24.3 Å². The van der Waals surface area contributed by atoms with Crippen molar-refractivity contribution in [1.82, 2.24) is 5.32 Å². The number of hydrogen-bond donors (Lipinski definition) is 2. The highest BCUT2D eigenvalue weighted by molar-refractivity contribution is 5.89. The summed E-state index contributed by atoms with van der Waals surface area (Å²) >= 11 is 0. The van der Waals surface area contributed by atoms with E-state index in [1.807, 2.05) is 0 Å². The fraction of sp³-hybridized carbons (Fsp3) is 0.562. The Labute approximate surface area is 127 Å². The second kappa shape index (κ2) is 5.82. The molecule has 0 aliphatic heterocycles. The van der Waals surface area contributed by atoms with E-state index in [-0.39, 0.29) is 5.69 Å². The normalized spacial score (nSPS) is 27.0. The number of halogens is 3. The summed E-state index contributed by atoms with van der Waals surface area (Å²) in [6, 6.07) is 4.22. The summed E-state index contributed by atoms with van der Waals surface area (Å²) in [6.07, 6.45) is 0.567. The van der Waals surface area contributed by atoms with Gasteiger partial charge in [0.15, 0.2) is 0 Å². The molecule has 1 aromatic carbocycles. The largest absolute Gasteiger partial charge is 0.416 e. The number of alkyl halides is 3. The van der Waals surface area contributed by atoms with E-state index in [4.69, 9.17) is 0 Å². The van der Waals surface area contributed by atoms with Gasteiger partial charge in [-0.2, -0.15) is 13.2 Å². The molecule has 3 nitrogen and oxygen atoms in total. The maximum atomic E-state index is 12.6. The number of anilines is 1. The zero-order chi connectivity index (χ0) is 15.7. The van der Waals surface area contributed by atoms with Gasteiger partial charge in [0.05, 0.1) is 5.56 Å². The Balaban J connectivity index is 1.51. The molecule has 2 amide bonds. The van der Waals surface area contributed by atoms with E-state index in [2.05, 4.69) is 10.6 Å². The quantitative estimate of drug-likeness (QED) is 0.860. The molecule has 2 fully saturated rings. The highest BCUT2D eigenvalue weighted by Gasteiger charge is 2.39. The van der Waals surface area contributed by atoms with Crippen molar-refractivity contribution in [2.24, 2.45) is 17.8 Å². The first-order valence-electron chi connectivity index (χ1n) is 7.64. The Kier molecular flexibility index (Phi) is 4.02. The van der Waals surface area contributed by atoms with Gasteiger partial charge in [-0.25, -0.2) is 4.79 Å². The maximum Gasteiger partial charge on any atom is 0.416 e. The van der Waals surface area contributed by atoms with Crippen LogP contribution < -0.4 is 10.6 Å². The van der Waals surface area contributed by atoms with Crippen molar-refractivity contribution >= 4 is 11.7 Å². The lowest BCUT2D eigenvalue weighted by Crippen LogP contribution is -2.34. The van der Waals surface area contributed by atoms with Gasteiger partial charge in [0.25, 0.3) is 0 Å². The summed E-state index contributed by atoms with van der Waals surface area (Å²) in [4.78, 5) is 11.8. The smallest absolute Gasteiger partial charge is 0.338 e. The molecule has 3 atom stereocenters. The molecule has 0 unspecified atom stereocenters. The molecule has 6 heteroatoms. The molecular weight excluding hydrogens is 293 g/mol. The van der Waals surface area contributed by atoms with Crippen LogP contribution in [-0.4, -0.2) is 12.6 Å². The highest BCUT2D eigenvalue weighted by atomic mass is 19.4. The van der Waals surface area contributed by atoms with Crippen LogP contribution in [0.4, 0.5) is 23.7 Å². The molecule has 2 N–H and O–H groups in total. The monoisotopic (exact) mass is 312 g/mol. The molecule has 0 heterocycles. The summed E-state index contributed by atoms with van der Waals surface area (Å²) in [6.45, 7) is 0.603. The Morgan fingerprint density at radius 1 is 1.23 bits per heavy atom. The number of rotatable bonds is 3. The van der Waals surface area contributed by atoms with E-state index in [1.54, 1.807) is 0 Å². The maximum absolute atomic E-state index is 12.6. The Morgan fingerprint density at radius 3 is 2.68 bits per heavy atom. The van der Waals surface area contributed by atoms with Gasteiger partial charge in [-0.05, 0) is 55.2 Å². The second-order valence-corrected chi connectivity index (χ2v) is 6.35. The third kappa shape index (κ3) is 3.36. The Bertz CT molecular complexity index is 559. The van der Waals surface area contributed by atoms with E-state index < -0.39 is 17.8 Å². The van der Waals surface area contributed by atoms with Gasteiger partial charge in [0.2, 0.25) is 0 Å².